The van der Waals surface area contributed by atoms with Crippen molar-refractivity contribution in [2.45, 2.75) is 82.8 Å². The lowest BCUT2D eigenvalue weighted by molar-refractivity contribution is -0.146. The number of anilines is 1. The van der Waals surface area contributed by atoms with Gasteiger partial charge in [0.15, 0.2) is 0 Å². The number of hydrogen-bond donors (Lipinski definition) is 3. The number of rotatable bonds is 9. The van der Waals surface area contributed by atoms with E-state index in [9.17, 15) is 14.9 Å². The molecule has 2 bridgehead atoms. The maximum atomic E-state index is 13.3. The minimum Gasteiger partial charge on any atom is -0.376 e. The van der Waals surface area contributed by atoms with Gasteiger partial charge in [0.2, 0.25) is 5.91 Å². The van der Waals surface area contributed by atoms with Gasteiger partial charge in [-0.2, -0.15) is 5.26 Å². The number of nitrogens with one attached hydrogen (secondary N) is 3. The molecule has 0 radical (unpaired) electrons. The summed E-state index contributed by atoms with van der Waals surface area (Å²) < 4.78 is 0. The Balaban J connectivity index is 1.23. The van der Waals surface area contributed by atoms with E-state index in [1.54, 1.807) is 6.20 Å². The molecule has 36 heavy (non-hydrogen) atoms. The first kappa shape index (κ1) is 25.0. The van der Waals surface area contributed by atoms with Crippen LogP contribution in [0.25, 0.3) is 0 Å². The van der Waals surface area contributed by atoms with Crippen LogP contribution in [-0.4, -0.2) is 28.4 Å². The minimum absolute atomic E-state index is 0.0372. The van der Waals surface area contributed by atoms with E-state index in [2.05, 4.69) is 27.0 Å². The molecule has 2 aromatic rings. The summed E-state index contributed by atoms with van der Waals surface area (Å²) in [5, 5.41) is 19.5. The molecule has 3 N–H and O–H groups in total. The van der Waals surface area contributed by atoms with Gasteiger partial charge in [-0.1, -0.05) is 37.3 Å². The summed E-state index contributed by atoms with van der Waals surface area (Å²) in [4.78, 5) is 32.4. The number of carbonyl (C=O) groups excluding carboxylic acids is 2. The van der Waals surface area contributed by atoms with Gasteiger partial charge in [-0.25, -0.2) is 0 Å². The second-order valence-corrected chi connectivity index (χ2v) is 12.5. The number of halogens is 1. The van der Waals surface area contributed by atoms with Gasteiger partial charge in [0, 0.05) is 16.6 Å². The number of pyridine rings is 1. The van der Waals surface area contributed by atoms with Crippen molar-refractivity contribution < 1.29 is 9.59 Å². The van der Waals surface area contributed by atoms with Crippen LogP contribution in [0.3, 0.4) is 0 Å². The van der Waals surface area contributed by atoms with E-state index in [0.717, 1.165) is 48.4 Å². The van der Waals surface area contributed by atoms with Crippen molar-refractivity contribution in [1.29, 1.82) is 5.26 Å². The zero-order chi connectivity index (χ0) is 25.5. The summed E-state index contributed by atoms with van der Waals surface area (Å²) in [5.74, 6) is 0.123. The third-order valence-corrected chi connectivity index (χ3v) is 9.50. The molecule has 190 valence electrons. The topological polar surface area (TPSA) is 107 Å². The summed E-state index contributed by atoms with van der Waals surface area (Å²) in [5.41, 5.74) is 1.24. The van der Waals surface area contributed by atoms with Gasteiger partial charge in [0.05, 0.1) is 38.8 Å². The van der Waals surface area contributed by atoms with Crippen molar-refractivity contribution in [2.75, 3.05) is 5.32 Å². The number of carbonyl (C=O) groups is 2. The molecule has 0 aliphatic heterocycles. The molecule has 2 atom stereocenters. The van der Waals surface area contributed by atoms with Crippen LogP contribution in [0, 0.1) is 29.6 Å². The molecule has 6 rings (SSSR count). The highest BCUT2D eigenvalue weighted by Gasteiger charge is 2.69. The molecule has 7 nitrogen and oxygen atoms in total. The third kappa shape index (κ3) is 4.96. The molecule has 4 aliphatic carbocycles. The molecule has 0 unspecified atom stereocenters. The molecule has 0 saturated heterocycles. The summed E-state index contributed by atoms with van der Waals surface area (Å²) in [6.07, 6.45) is 9.04. The zero-order valence-corrected chi connectivity index (χ0v) is 22.3. The van der Waals surface area contributed by atoms with Crippen LogP contribution in [0.1, 0.15) is 84.6 Å². The Morgan fingerprint density at radius 3 is 2.69 bits per heavy atom. The SMILES string of the molecule is Cc1ncc(Cl)cc1N[C@@H](C)c1ccc(C(=O)N[C@@H](CC2CCCC2)C(=O)NC23CC(C#N)(C2)C3)s1. The van der Waals surface area contributed by atoms with Crippen molar-refractivity contribution in [3.63, 3.8) is 0 Å². The first-order valence-electron chi connectivity index (χ1n) is 12.7. The smallest absolute Gasteiger partial charge is 0.262 e. The number of thiophene rings is 1. The van der Waals surface area contributed by atoms with Crippen molar-refractivity contribution in [2.24, 2.45) is 11.3 Å². The normalized spacial score (nSPS) is 26.2. The van der Waals surface area contributed by atoms with Crippen LogP contribution >= 0.6 is 22.9 Å². The van der Waals surface area contributed by atoms with Gasteiger partial charge in [0.1, 0.15) is 6.04 Å². The number of amides is 2. The van der Waals surface area contributed by atoms with Crippen LogP contribution in [0.5, 0.6) is 0 Å². The van der Waals surface area contributed by atoms with Crippen molar-refractivity contribution in [1.82, 2.24) is 15.6 Å². The summed E-state index contributed by atoms with van der Waals surface area (Å²) in [6, 6.07) is 7.39. The Morgan fingerprint density at radius 1 is 1.28 bits per heavy atom. The summed E-state index contributed by atoms with van der Waals surface area (Å²) in [6.45, 7) is 3.95. The number of aryl methyl sites for hydroxylation is 1. The molecular formula is C27H32ClN5O2S. The Bertz CT molecular complexity index is 1200. The second-order valence-electron chi connectivity index (χ2n) is 11.0. The first-order chi connectivity index (χ1) is 17.2. The Morgan fingerprint density at radius 2 is 2.00 bits per heavy atom. The fourth-order valence-corrected chi connectivity index (χ4v) is 7.16. The lowest BCUT2D eigenvalue weighted by Crippen LogP contribution is -2.75. The number of hydrogen-bond acceptors (Lipinski definition) is 6. The molecule has 4 fully saturated rings. The Kier molecular flexibility index (Phi) is 6.73. The lowest BCUT2D eigenvalue weighted by atomic mass is 9.40. The largest absolute Gasteiger partial charge is 0.376 e. The molecule has 2 amide bonds. The van der Waals surface area contributed by atoms with E-state index in [-0.39, 0.29) is 28.8 Å². The monoisotopic (exact) mass is 525 g/mol. The third-order valence-electron chi connectivity index (χ3n) is 8.02. The van der Waals surface area contributed by atoms with Crippen LogP contribution in [0.15, 0.2) is 24.4 Å². The second kappa shape index (κ2) is 9.68. The Hall–Kier alpha value is -2.63. The average molecular weight is 526 g/mol. The molecular weight excluding hydrogens is 494 g/mol. The van der Waals surface area contributed by atoms with Crippen molar-refractivity contribution in [3.8, 4) is 6.07 Å². The lowest BCUT2D eigenvalue weighted by Gasteiger charge is -2.67. The highest BCUT2D eigenvalue weighted by atomic mass is 35.5. The predicted octanol–water partition coefficient (Wildman–Crippen LogP) is 5.52. The molecule has 2 aromatic heterocycles. The van der Waals surface area contributed by atoms with Gasteiger partial charge in [-0.15, -0.1) is 11.3 Å². The van der Waals surface area contributed by atoms with Crippen molar-refractivity contribution in [3.05, 3.63) is 44.9 Å². The summed E-state index contributed by atoms with van der Waals surface area (Å²) >= 11 is 7.51. The number of nitriles is 1. The van der Waals surface area contributed by atoms with Crippen molar-refractivity contribution >= 4 is 40.4 Å². The maximum absolute atomic E-state index is 13.3. The van der Waals surface area contributed by atoms with E-state index in [1.807, 2.05) is 32.0 Å². The highest BCUT2D eigenvalue weighted by Crippen LogP contribution is 2.66. The maximum Gasteiger partial charge on any atom is 0.262 e. The molecule has 4 aliphatic rings. The van der Waals surface area contributed by atoms with E-state index in [4.69, 9.17) is 11.6 Å². The average Bonchev–Trinajstić information content (AvgIpc) is 3.49. The fraction of sp³-hybridized carbons (Fsp3) is 0.556. The van der Waals surface area contributed by atoms with Gasteiger partial charge in [-0.05, 0) is 63.6 Å². The number of nitrogens with zero attached hydrogens (tertiary/aromatic N) is 2. The minimum atomic E-state index is -0.561. The van der Waals surface area contributed by atoms with E-state index in [0.29, 0.717) is 22.2 Å². The molecule has 0 spiro atoms. The molecule has 2 heterocycles. The van der Waals surface area contributed by atoms with Crippen LogP contribution in [-0.2, 0) is 4.79 Å². The first-order valence-corrected chi connectivity index (χ1v) is 13.9. The highest BCUT2D eigenvalue weighted by molar-refractivity contribution is 7.14. The van der Waals surface area contributed by atoms with Gasteiger partial charge < -0.3 is 16.0 Å². The summed E-state index contributed by atoms with van der Waals surface area (Å²) in [7, 11) is 0. The van der Waals surface area contributed by atoms with E-state index < -0.39 is 6.04 Å². The van der Waals surface area contributed by atoms with E-state index in [1.165, 1.54) is 24.2 Å². The van der Waals surface area contributed by atoms with Crippen LogP contribution in [0.4, 0.5) is 5.69 Å². The fourth-order valence-electron chi connectivity index (χ4n) is 6.09. The quantitative estimate of drug-likeness (QED) is 0.399. The predicted molar refractivity (Wildman–Crippen MR) is 141 cm³/mol. The Labute approximate surface area is 221 Å². The molecule has 0 aromatic carbocycles. The van der Waals surface area contributed by atoms with Crippen LogP contribution < -0.4 is 16.0 Å². The van der Waals surface area contributed by atoms with Gasteiger partial charge in [0.25, 0.3) is 5.91 Å². The number of aromatic nitrogens is 1. The molecule has 9 heteroatoms. The van der Waals surface area contributed by atoms with E-state index >= 15 is 0 Å². The van der Waals surface area contributed by atoms with Crippen LogP contribution in [0.2, 0.25) is 5.02 Å². The zero-order valence-electron chi connectivity index (χ0n) is 20.7. The van der Waals surface area contributed by atoms with Gasteiger partial charge in [-0.3, -0.25) is 14.6 Å². The standard InChI is InChI=1S/C27H32ClN5O2S/c1-16-20(10-19(28)11-30-16)31-17(2)22-7-8-23(36-22)25(35)32-21(9-18-5-3-4-6-18)24(34)33-27-12-26(13-27,14-27)15-29/h7-8,10-11,17-18,21,31H,3-6,9,12-14H2,1-2H3,(H,32,35)(H,33,34)/t17-,21-,26?,27?/m0/s1. The van der Waals surface area contributed by atoms with Gasteiger partial charge >= 0.3 is 0 Å². The molecule has 4 saturated carbocycles.